The molecule has 0 atom stereocenters. The van der Waals surface area contributed by atoms with Crippen molar-refractivity contribution in [1.29, 1.82) is 0 Å². The lowest BCUT2D eigenvalue weighted by atomic mass is 10.0. The maximum Gasteiger partial charge on any atom is 0.416 e. The van der Waals surface area contributed by atoms with E-state index in [4.69, 9.17) is 4.74 Å². The predicted molar refractivity (Wildman–Crippen MR) is 83.0 cm³/mol. The molecule has 0 aliphatic carbocycles. The zero-order chi connectivity index (χ0) is 18.0. The van der Waals surface area contributed by atoms with Crippen LogP contribution in [0.3, 0.4) is 0 Å². The minimum atomic E-state index is -4.41. The topological polar surface area (TPSA) is 49.9 Å². The van der Waals surface area contributed by atoms with Crippen molar-refractivity contribution in [3.05, 3.63) is 35.4 Å². The fourth-order valence-electron chi connectivity index (χ4n) is 3.27. The molecule has 0 radical (unpaired) electrons. The van der Waals surface area contributed by atoms with E-state index in [9.17, 15) is 22.8 Å². The fraction of sp³-hybridized carbons (Fsp3) is 0.529. The third-order valence-electron chi connectivity index (χ3n) is 4.66. The zero-order valence-corrected chi connectivity index (χ0v) is 13.6. The molecule has 0 bridgehead atoms. The smallest absolute Gasteiger partial charge is 0.416 e. The van der Waals surface area contributed by atoms with Gasteiger partial charge in [-0.15, -0.1) is 0 Å². The van der Waals surface area contributed by atoms with Crippen molar-refractivity contribution < 1.29 is 27.5 Å². The molecule has 0 spiro atoms. The van der Waals surface area contributed by atoms with E-state index in [1.54, 1.807) is 9.80 Å². The number of hydrogen-bond donors (Lipinski definition) is 0. The summed E-state index contributed by atoms with van der Waals surface area (Å²) in [7, 11) is 0. The van der Waals surface area contributed by atoms with Crippen LogP contribution in [0.2, 0.25) is 0 Å². The fourth-order valence-corrected chi connectivity index (χ4v) is 3.27. The predicted octanol–water partition coefficient (Wildman–Crippen LogP) is 3.15. The molecule has 2 amide bonds. The highest BCUT2D eigenvalue weighted by molar-refractivity contribution is 5.94. The average molecular weight is 356 g/mol. The molecule has 8 heteroatoms. The summed E-state index contributed by atoms with van der Waals surface area (Å²) in [5, 5.41) is 0. The first-order valence-electron chi connectivity index (χ1n) is 8.26. The molecule has 2 fully saturated rings. The standard InChI is InChI=1S/C17H19F3N2O3/c18-17(19,20)13-4-2-12(3-5-13)15(23)21-9-6-14(7-10-21)22-8-1-11-25-16(22)24/h2-5,14H,1,6-11H2. The Morgan fingerprint density at radius 1 is 1.08 bits per heavy atom. The molecule has 2 saturated heterocycles. The number of ether oxygens (including phenoxy) is 1. The molecule has 2 aliphatic rings. The SMILES string of the molecule is O=C(c1ccc(C(F)(F)F)cc1)N1CCC(N2CCCOC2=O)CC1. The maximum absolute atomic E-state index is 12.6. The Morgan fingerprint density at radius 3 is 2.28 bits per heavy atom. The maximum atomic E-state index is 12.6. The van der Waals surface area contributed by atoms with Crippen molar-refractivity contribution in [3.8, 4) is 0 Å². The quantitative estimate of drug-likeness (QED) is 0.818. The summed E-state index contributed by atoms with van der Waals surface area (Å²) in [5.74, 6) is -0.284. The number of cyclic esters (lactones) is 1. The minimum Gasteiger partial charge on any atom is -0.449 e. The van der Waals surface area contributed by atoms with Crippen molar-refractivity contribution >= 4 is 12.0 Å². The molecule has 5 nitrogen and oxygen atoms in total. The van der Waals surface area contributed by atoms with E-state index in [1.165, 1.54) is 12.1 Å². The van der Waals surface area contributed by atoms with Gasteiger partial charge in [-0.3, -0.25) is 4.79 Å². The summed E-state index contributed by atoms with van der Waals surface area (Å²) in [4.78, 5) is 27.6. The monoisotopic (exact) mass is 356 g/mol. The molecule has 25 heavy (non-hydrogen) atoms. The van der Waals surface area contributed by atoms with Crippen LogP contribution < -0.4 is 0 Å². The first kappa shape index (κ1) is 17.6. The molecular formula is C17H19F3N2O3. The third-order valence-corrected chi connectivity index (χ3v) is 4.66. The van der Waals surface area contributed by atoms with Gasteiger partial charge in [-0.1, -0.05) is 0 Å². The number of carbonyl (C=O) groups is 2. The third kappa shape index (κ3) is 3.88. The van der Waals surface area contributed by atoms with Crippen molar-refractivity contribution in [2.45, 2.75) is 31.5 Å². The van der Waals surface area contributed by atoms with Crippen LogP contribution in [-0.2, 0) is 10.9 Å². The van der Waals surface area contributed by atoms with Crippen molar-refractivity contribution in [2.75, 3.05) is 26.2 Å². The number of benzene rings is 1. The number of halogens is 3. The Kier molecular flexibility index (Phi) is 4.87. The number of carbonyl (C=O) groups excluding carboxylic acids is 2. The lowest BCUT2D eigenvalue weighted by Crippen LogP contribution is -2.50. The Balaban J connectivity index is 1.59. The molecule has 1 aromatic carbocycles. The minimum absolute atomic E-state index is 0.0458. The van der Waals surface area contributed by atoms with Crippen LogP contribution in [0.4, 0.5) is 18.0 Å². The summed E-state index contributed by atoms with van der Waals surface area (Å²) < 4.78 is 42.8. The van der Waals surface area contributed by atoms with E-state index in [0.717, 1.165) is 18.6 Å². The normalized spacial score (nSPS) is 19.7. The Morgan fingerprint density at radius 2 is 1.72 bits per heavy atom. The van der Waals surface area contributed by atoms with Crippen LogP contribution in [0.1, 0.15) is 35.2 Å². The van der Waals surface area contributed by atoms with Gasteiger partial charge >= 0.3 is 12.3 Å². The number of piperidine rings is 1. The highest BCUT2D eigenvalue weighted by Crippen LogP contribution is 2.29. The highest BCUT2D eigenvalue weighted by Gasteiger charge is 2.33. The van der Waals surface area contributed by atoms with Gasteiger partial charge in [-0.05, 0) is 43.5 Å². The Bertz CT molecular complexity index is 638. The van der Waals surface area contributed by atoms with Gasteiger partial charge < -0.3 is 14.5 Å². The van der Waals surface area contributed by atoms with Crippen LogP contribution in [-0.4, -0.2) is 54.1 Å². The molecule has 3 rings (SSSR count). The van der Waals surface area contributed by atoms with Crippen LogP contribution in [0.5, 0.6) is 0 Å². The van der Waals surface area contributed by atoms with Gasteiger partial charge in [0.1, 0.15) is 0 Å². The molecule has 136 valence electrons. The Hall–Kier alpha value is -2.25. The number of likely N-dealkylation sites (tertiary alicyclic amines) is 1. The van der Waals surface area contributed by atoms with Crippen LogP contribution in [0.25, 0.3) is 0 Å². The summed E-state index contributed by atoms with van der Waals surface area (Å²) in [6.07, 6.45) is -2.64. The van der Waals surface area contributed by atoms with Crippen LogP contribution in [0.15, 0.2) is 24.3 Å². The van der Waals surface area contributed by atoms with Gasteiger partial charge in [0.25, 0.3) is 5.91 Å². The lowest BCUT2D eigenvalue weighted by Gasteiger charge is -2.39. The van der Waals surface area contributed by atoms with Crippen molar-refractivity contribution in [1.82, 2.24) is 9.80 Å². The van der Waals surface area contributed by atoms with Crippen molar-refractivity contribution in [2.24, 2.45) is 0 Å². The van der Waals surface area contributed by atoms with Gasteiger partial charge in [0, 0.05) is 31.2 Å². The molecule has 2 heterocycles. The van der Waals surface area contributed by atoms with Gasteiger partial charge in [0.2, 0.25) is 0 Å². The van der Waals surface area contributed by atoms with E-state index < -0.39 is 11.7 Å². The number of alkyl halides is 3. The average Bonchev–Trinajstić information content (AvgIpc) is 2.61. The van der Waals surface area contributed by atoms with Gasteiger partial charge in [0.05, 0.1) is 12.2 Å². The largest absolute Gasteiger partial charge is 0.449 e. The zero-order valence-electron chi connectivity index (χ0n) is 13.6. The number of hydrogen-bond acceptors (Lipinski definition) is 3. The van der Waals surface area contributed by atoms with Gasteiger partial charge in [0.15, 0.2) is 0 Å². The van der Waals surface area contributed by atoms with E-state index in [-0.39, 0.29) is 23.6 Å². The number of rotatable bonds is 2. The molecule has 2 aliphatic heterocycles. The lowest BCUT2D eigenvalue weighted by molar-refractivity contribution is -0.137. The summed E-state index contributed by atoms with van der Waals surface area (Å²) in [6, 6.07) is 4.30. The second-order valence-electron chi connectivity index (χ2n) is 6.26. The van der Waals surface area contributed by atoms with Gasteiger partial charge in [-0.2, -0.15) is 13.2 Å². The van der Waals surface area contributed by atoms with Crippen LogP contribution >= 0.6 is 0 Å². The molecule has 0 aromatic heterocycles. The molecular weight excluding hydrogens is 337 g/mol. The van der Waals surface area contributed by atoms with E-state index >= 15 is 0 Å². The van der Waals surface area contributed by atoms with Crippen molar-refractivity contribution in [3.63, 3.8) is 0 Å². The first-order valence-corrected chi connectivity index (χ1v) is 8.26. The summed E-state index contributed by atoms with van der Waals surface area (Å²) >= 11 is 0. The first-order chi connectivity index (χ1) is 11.9. The summed E-state index contributed by atoms with van der Waals surface area (Å²) in [6.45, 7) is 2.04. The second-order valence-corrected chi connectivity index (χ2v) is 6.26. The second kappa shape index (κ2) is 6.93. The van der Waals surface area contributed by atoms with Crippen LogP contribution in [0, 0.1) is 0 Å². The number of nitrogens with zero attached hydrogens (tertiary/aromatic N) is 2. The summed E-state index contributed by atoms with van der Waals surface area (Å²) in [5.41, 5.74) is -0.532. The Labute approximate surface area is 143 Å². The molecule has 0 unspecified atom stereocenters. The molecule has 0 saturated carbocycles. The molecule has 0 N–H and O–H groups in total. The van der Waals surface area contributed by atoms with Gasteiger partial charge in [-0.25, -0.2) is 4.79 Å². The van der Waals surface area contributed by atoms with E-state index in [0.29, 0.717) is 39.1 Å². The number of amides is 2. The van der Waals surface area contributed by atoms with E-state index in [1.807, 2.05) is 0 Å². The molecule has 1 aromatic rings. The van der Waals surface area contributed by atoms with E-state index in [2.05, 4.69) is 0 Å². The highest BCUT2D eigenvalue weighted by atomic mass is 19.4.